The molecule has 38 heavy (non-hydrogen) atoms. The molecule has 0 spiro atoms. The summed E-state index contributed by atoms with van der Waals surface area (Å²) >= 11 is 0. The minimum Gasteiger partial charge on any atom is -0.480 e. The lowest BCUT2D eigenvalue weighted by atomic mass is 9.86. The van der Waals surface area contributed by atoms with Crippen LogP contribution < -0.4 is 15.6 Å². The van der Waals surface area contributed by atoms with Crippen molar-refractivity contribution < 1.29 is 9.47 Å². The first-order valence-electron chi connectivity index (χ1n) is 13.0. The maximum Gasteiger partial charge on any atom is 0.259 e. The zero-order valence-electron chi connectivity index (χ0n) is 22.2. The van der Waals surface area contributed by atoms with Crippen molar-refractivity contribution in [1.29, 1.82) is 0 Å². The molecule has 1 saturated heterocycles. The number of pyridine rings is 2. The van der Waals surface area contributed by atoms with E-state index in [4.69, 9.17) is 14.5 Å². The van der Waals surface area contributed by atoms with Crippen LogP contribution in [0.2, 0.25) is 0 Å². The van der Waals surface area contributed by atoms with Gasteiger partial charge in [-0.15, -0.1) is 0 Å². The van der Waals surface area contributed by atoms with E-state index in [2.05, 4.69) is 50.3 Å². The van der Waals surface area contributed by atoms with E-state index >= 15 is 0 Å². The molecule has 3 aromatic heterocycles. The number of piperidine rings is 1. The molecule has 0 atom stereocenters. The van der Waals surface area contributed by atoms with Gasteiger partial charge in [0.1, 0.15) is 11.5 Å². The Balaban J connectivity index is 1.39. The van der Waals surface area contributed by atoms with Gasteiger partial charge in [-0.1, -0.05) is 6.07 Å². The lowest BCUT2D eigenvalue weighted by Crippen LogP contribution is -2.34. The highest BCUT2D eigenvalue weighted by Gasteiger charge is 2.22. The molecule has 4 heterocycles. The largest absolute Gasteiger partial charge is 0.480 e. The number of hydrogen-bond donors (Lipinski definition) is 2. The number of H-pyrrole nitrogens is 1. The summed E-state index contributed by atoms with van der Waals surface area (Å²) in [5.74, 6) is 1.43. The summed E-state index contributed by atoms with van der Waals surface area (Å²) in [5.41, 5.74) is 4.47. The Bertz CT molecular complexity index is 1460. The van der Waals surface area contributed by atoms with Crippen LogP contribution in [0.15, 0.2) is 53.7 Å². The number of ether oxygens (including phenoxy) is 2. The summed E-state index contributed by atoms with van der Waals surface area (Å²) in [7, 11) is 3.31. The summed E-state index contributed by atoms with van der Waals surface area (Å²) in [4.78, 5) is 31.5. The highest BCUT2D eigenvalue weighted by atomic mass is 16.5. The number of hydrogen-bond acceptors (Lipinski definition) is 8. The molecule has 9 heteroatoms. The number of rotatable bonds is 9. The molecule has 0 amide bonds. The van der Waals surface area contributed by atoms with E-state index in [1.54, 1.807) is 32.8 Å². The molecular weight excluding hydrogens is 480 g/mol. The smallest absolute Gasteiger partial charge is 0.259 e. The van der Waals surface area contributed by atoms with Crippen LogP contribution in [0.3, 0.4) is 0 Å². The minimum absolute atomic E-state index is 0.202. The molecule has 0 bridgehead atoms. The molecule has 1 aliphatic heterocycles. The van der Waals surface area contributed by atoms with Crippen molar-refractivity contribution in [3.8, 4) is 17.3 Å². The van der Waals surface area contributed by atoms with Crippen LogP contribution in [0, 0.1) is 6.92 Å². The fourth-order valence-electron chi connectivity index (χ4n) is 5.25. The Kier molecular flexibility index (Phi) is 7.95. The van der Waals surface area contributed by atoms with E-state index in [1.165, 1.54) is 11.1 Å². The number of likely N-dealkylation sites (tertiary alicyclic amines) is 1. The maximum absolute atomic E-state index is 12.8. The van der Waals surface area contributed by atoms with Gasteiger partial charge in [-0.2, -0.15) is 0 Å². The minimum atomic E-state index is -0.202. The molecule has 1 fully saturated rings. The monoisotopic (exact) mass is 514 g/mol. The third-order valence-electron chi connectivity index (χ3n) is 7.22. The molecule has 0 aliphatic carbocycles. The number of nitrogens with zero attached hydrogens (tertiary/aromatic N) is 4. The molecule has 2 N–H and O–H groups in total. The molecule has 0 saturated carbocycles. The average molecular weight is 515 g/mol. The lowest BCUT2D eigenvalue weighted by Gasteiger charge is -2.32. The highest BCUT2D eigenvalue weighted by molar-refractivity contribution is 5.94. The van der Waals surface area contributed by atoms with Gasteiger partial charge >= 0.3 is 0 Å². The number of nitrogens with one attached hydrogen (secondary N) is 2. The lowest BCUT2D eigenvalue weighted by molar-refractivity contribution is 0.157. The van der Waals surface area contributed by atoms with Crippen LogP contribution in [-0.2, 0) is 4.74 Å². The number of aryl methyl sites for hydroxylation is 1. The zero-order chi connectivity index (χ0) is 26.5. The number of aromatic amines is 1. The quantitative estimate of drug-likeness (QED) is 0.311. The van der Waals surface area contributed by atoms with Gasteiger partial charge in [-0.05, 0) is 86.0 Å². The van der Waals surface area contributed by atoms with E-state index < -0.39 is 0 Å². The van der Waals surface area contributed by atoms with Gasteiger partial charge in [-0.3, -0.25) is 9.78 Å². The molecule has 1 aliphatic rings. The first kappa shape index (κ1) is 25.8. The van der Waals surface area contributed by atoms with Crippen molar-refractivity contribution in [2.45, 2.75) is 32.1 Å². The molecule has 198 valence electrons. The van der Waals surface area contributed by atoms with Gasteiger partial charge in [0.25, 0.3) is 5.56 Å². The van der Waals surface area contributed by atoms with Crippen LogP contribution in [-0.4, -0.2) is 65.3 Å². The van der Waals surface area contributed by atoms with Crippen LogP contribution >= 0.6 is 0 Å². The second-order valence-corrected chi connectivity index (χ2v) is 9.73. The Morgan fingerprint density at radius 3 is 2.68 bits per heavy atom. The predicted molar refractivity (Wildman–Crippen MR) is 149 cm³/mol. The third kappa shape index (κ3) is 5.69. The molecular formula is C29H34N6O3. The molecule has 1 aromatic carbocycles. The Hall–Kier alpha value is -3.82. The summed E-state index contributed by atoms with van der Waals surface area (Å²) in [6.07, 6.45) is 8.21. The third-order valence-corrected chi connectivity index (χ3v) is 7.22. The molecule has 9 nitrogen and oxygen atoms in total. The summed E-state index contributed by atoms with van der Waals surface area (Å²) in [5, 5.41) is 4.66. The highest BCUT2D eigenvalue weighted by Crippen LogP contribution is 2.33. The fraction of sp³-hybridized carbons (Fsp3) is 0.379. The van der Waals surface area contributed by atoms with Crippen molar-refractivity contribution in [2.24, 2.45) is 0 Å². The van der Waals surface area contributed by atoms with Gasteiger partial charge in [0.05, 0.1) is 30.6 Å². The zero-order valence-corrected chi connectivity index (χ0v) is 22.2. The van der Waals surface area contributed by atoms with Crippen LogP contribution in [0.25, 0.3) is 22.2 Å². The van der Waals surface area contributed by atoms with Crippen LogP contribution in [0.5, 0.6) is 5.88 Å². The van der Waals surface area contributed by atoms with Crippen molar-refractivity contribution in [2.75, 3.05) is 45.8 Å². The summed E-state index contributed by atoms with van der Waals surface area (Å²) in [6, 6.07) is 10.1. The van der Waals surface area contributed by atoms with Crippen molar-refractivity contribution in [3.05, 3.63) is 70.4 Å². The molecule has 0 unspecified atom stereocenters. The first-order chi connectivity index (χ1) is 18.6. The van der Waals surface area contributed by atoms with E-state index in [0.29, 0.717) is 34.4 Å². The van der Waals surface area contributed by atoms with Crippen molar-refractivity contribution >= 4 is 22.3 Å². The van der Waals surface area contributed by atoms with Crippen LogP contribution in [0.1, 0.15) is 36.3 Å². The first-order valence-corrected chi connectivity index (χ1v) is 13.0. The van der Waals surface area contributed by atoms with Gasteiger partial charge in [0, 0.05) is 32.1 Å². The number of aromatic nitrogens is 4. The molecule has 5 rings (SSSR count). The second kappa shape index (κ2) is 11.7. The fourth-order valence-corrected chi connectivity index (χ4v) is 5.25. The summed E-state index contributed by atoms with van der Waals surface area (Å²) < 4.78 is 10.4. The number of fused-ring (bicyclic) bond motifs is 1. The van der Waals surface area contributed by atoms with E-state index in [9.17, 15) is 4.79 Å². The predicted octanol–water partition coefficient (Wildman–Crippen LogP) is 4.66. The van der Waals surface area contributed by atoms with E-state index in [1.807, 2.05) is 12.1 Å². The van der Waals surface area contributed by atoms with E-state index in [0.717, 1.165) is 56.6 Å². The average Bonchev–Trinajstić information content (AvgIpc) is 2.94. The Morgan fingerprint density at radius 1 is 1.08 bits per heavy atom. The van der Waals surface area contributed by atoms with Crippen LogP contribution in [0.4, 0.5) is 11.5 Å². The number of anilines is 2. The standard InChI is InChI=1S/C29H34N6O3/c1-19-15-22(5-6-23(19)20-8-12-35(13-9-20)11-4-14-37-2)32-28-27-21(7-10-31-29(27)36)16-24(34-28)25-17-30-18-26(33-25)38-3/h5-7,10,15-18,20H,4,8-9,11-14H2,1-3H3,(H,31,36)(H,32,34). The molecule has 4 aromatic rings. The summed E-state index contributed by atoms with van der Waals surface area (Å²) in [6.45, 7) is 6.31. The second-order valence-electron chi connectivity index (χ2n) is 9.73. The van der Waals surface area contributed by atoms with Gasteiger partial charge in [0.15, 0.2) is 0 Å². The van der Waals surface area contributed by atoms with Crippen molar-refractivity contribution in [1.82, 2.24) is 24.8 Å². The van der Waals surface area contributed by atoms with Crippen molar-refractivity contribution in [3.63, 3.8) is 0 Å². The molecule has 0 radical (unpaired) electrons. The Morgan fingerprint density at radius 2 is 1.92 bits per heavy atom. The number of benzene rings is 1. The topological polar surface area (TPSA) is 105 Å². The SMILES string of the molecule is COCCCN1CCC(c2ccc(Nc3nc(-c4cncc(OC)n4)cc4cc[nH]c(=O)c34)cc2C)CC1. The van der Waals surface area contributed by atoms with Gasteiger partial charge in [-0.25, -0.2) is 9.97 Å². The van der Waals surface area contributed by atoms with E-state index in [-0.39, 0.29) is 5.56 Å². The van der Waals surface area contributed by atoms with Gasteiger partial charge < -0.3 is 24.7 Å². The maximum atomic E-state index is 12.8. The van der Waals surface area contributed by atoms with Gasteiger partial charge in [0.2, 0.25) is 5.88 Å². The number of methoxy groups -OCH3 is 2. The Labute approximate surface area is 222 Å². The normalized spacial score (nSPS) is 14.6.